The number of hydrogen-bond donors (Lipinski definition) is 1. The SMILES string of the molecule is C=N/C(=C\C=C/C)c1ncc(C(=O)Nc2cnn(C(C)c3ccc(C(F)(F)F)cc3C(F)(F)F)c2)s1. The van der Waals surface area contributed by atoms with Crippen molar-refractivity contribution < 1.29 is 31.1 Å². The standard InChI is InChI=1S/C23H19F6N5OS/c1-4-5-6-18(30-3)21-31-11-19(36-21)20(35)33-15-10-32-34(12-15)13(2)16-8-7-14(22(24,25)26)9-17(16)23(27,28)29/h4-13H,3H2,1-2H3,(H,33,35)/b5-4-,18-6-. The molecule has 2 aromatic heterocycles. The topological polar surface area (TPSA) is 72.2 Å². The molecule has 3 rings (SSSR count). The predicted molar refractivity (Wildman–Crippen MR) is 125 cm³/mol. The smallest absolute Gasteiger partial charge is 0.319 e. The van der Waals surface area contributed by atoms with Gasteiger partial charge in [0.2, 0.25) is 0 Å². The number of nitrogens with one attached hydrogen (secondary N) is 1. The Morgan fingerprint density at radius 1 is 1.19 bits per heavy atom. The quantitative estimate of drug-likeness (QED) is 0.207. The fourth-order valence-corrected chi connectivity index (χ4v) is 3.97. The van der Waals surface area contributed by atoms with E-state index in [4.69, 9.17) is 0 Å². The van der Waals surface area contributed by atoms with Crippen molar-refractivity contribution in [2.24, 2.45) is 4.99 Å². The van der Waals surface area contributed by atoms with Crippen molar-refractivity contribution in [2.45, 2.75) is 32.2 Å². The zero-order valence-electron chi connectivity index (χ0n) is 18.9. The van der Waals surface area contributed by atoms with E-state index in [1.165, 1.54) is 25.5 Å². The molecule has 0 saturated carbocycles. The molecule has 0 spiro atoms. The summed E-state index contributed by atoms with van der Waals surface area (Å²) < 4.78 is 80.6. The van der Waals surface area contributed by atoms with Crippen LogP contribution in [0.1, 0.15) is 51.3 Å². The molecule has 2 heterocycles. The van der Waals surface area contributed by atoms with E-state index in [-0.39, 0.29) is 16.6 Å². The molecule has 0 aliphatic rings. The highest BCUT2D eigenvalue weighted by atomic mass is 32.1. The summed E-state index contributed by atoms with van der Waals surface area (Å²) in [5.41, 5.74) is -2.58. The van der Waals surface area contributed by atoms with Crippen LogP contribution in [-0.4, -0.2) is 27.4 Å². The van der Waals surface area contributed by atoms with Crippen molar-refractivity contribution in [3.8, 4) is 0 Å². The first-order valence-corrected chi connectivity index (χ1v) is 11.1. The zero-order valence-corrected chi connectivity index (χ0v) is 19.7. The third-order valence-electron chi connectivity index (χ3n) is 4.96. The lowest BCUT2D eigenvalue weighted by Gasteiger charge is -2.20. The molecule has 1 aromatic carbocycles. The number of hydrogen-bond acceptors (Lipinski definition) is 5. The van der Waals surface area contributed by atoms with Crippen LogP contribution in [0.3, 0.4) is 0 Å². The molecule has 0 radical (unpaired) electrons. The van der Waals surface area contributed by atoms with E-state index in [0.29, 0.717) is 16.8 Å². The van der Waals surface area contributed by atoms with Crippen LogP contribution in [0.15, 0.2) is 60.0 Å². The van der Waals surface area contributed by atoms with Crippen molar-refractivity contribution in [3.05, 3.63) is 81.6 Å². The van der Waals surface area contributed by atoms with E-state index < -0.39 is 41.0 Å². The van der Waals surface area contributed by atoms with Crippen molar-refractivity contribution in [1.29, 1.82) is 0 Å². The van der Waals surface area contributed by atoms with Crippen LogP contribution in [0.5, 0.6) is 0 Å². The van der Waals surface area contributed by atoms with Crippen LogP contribution in [0.4, 0.5) is 32.0 Å². The van der Waals surface area contributed by atoms with Gasteiger partial charge in [-0.2, -0.15) is 31.4 Å². The second kappa shape index (κ2) is 10.5. The second-order valence-electron chi connectivity index (χ2n) is 7.40. The Balaban J connectivity index is 1.82. The molecular weight excluding hydrogens is 508 g/mol. The molecule has 190 valence electrons. The molecule has 3 aromatic rings. The van der Waals surface area contributed by atoms with E-state index in [0.717, 1.165) is 22.1 Å². The minimum atomic E-state index is -5.01. The number of carbonyl (C=O) groups is 1. The van der Waals surface area contributed by atoms with Crippen LogP contribution < -0.4 is 5.32 Å². The molecule has 0 aliphatic heterocycles. The zero-order chi connectivity index (χ0) is 26.7. The monoisotopic (exact) mass is 527 g/mol. The van der Waals surface area contributed by atoms with Gasteiger partial charge < -0.3 is 5.32 Å². The molecule has 1 amide bonds. The van der Waals surface area contributed by atoms with Crippen LogP contribution in [-0.2, 0) is 12.4 Å². The first-order chi connectivity index (χ1) is 16.8. The van der Waals surface area contributed by atoms with Crippen LogP contribution in [0.25, 0.3) is 5.70 Å². The first-order valence-electron chi connectivity index (χ1n) is 10.2. The summed E-state index contributed by atoms with van der Waals surface area (Å²) in [6.07, 6.45) is -0.896. The maximum atomic E-state index is 13.5. The normalized spacial score (nSPS) is 13.7. The fraction of sp³-hybridized carbons (Fsp3) is 0.217. The summed E-state index contributed by atoms with van der Waals surface area (Å²) in [4.78, 5) is 20.9. The predicted octanol–water partition coefficient (Wildman–Crippen LogP) is 6.86. The van der Waals surface area contributed by atoms with Gasteiger partial charge >= 0.3 is 12.4 Å². The van der Waals surface area contributed by atoms with Gasteiger partial charge in [-0.05, 0) is 44.3 Å². The van der Waals surface area contributed by atoms with Gasteiger partial charge in [-0.1, -0.05) is 18.2 Å². The van der Waals surface area contributed by atoms with Crippen LogP contribution >= 0.6 is 11.3 Å². The average molecular weight is 527 g/mol. The molecular formula is C23H19F6N5OS. The minimum Gasteiger partial charge on any atom is -0.319 e. The van der Waals surface area contributed by atoms with Gasteiger partial charge in [0.1, 0.15) is 9.88 Å². The summed E-state index contributed by atoms with van der Waals surface area (Å²) in [6, 6.07) is 0.367. The number of aliphatic imine (C=N–C) groups is 1. The summed E-state index contributed by atoms with van der Waals surface area (Å²) in [5, 5.41) is 7.00. The fourth-order valence-electron chi connectivity index (χ4n) is 3.17. The highest BCUT2D eigenvalue weighted by molar-refractivity contribution is 7.14. The Labute approximate surface area is 205 Å². The molecule has 1 N–H and O–H groups in total. The third kappa shape index (κ3) is 6.08. The molecule has 0 aliphatic carbocycles. The average Bonchev–Trinajstić information content (AvgIpc) is 3.48. The third-order valence-corrected chi connectivity index (χ3v) is 5.98. The summed E-state index contributed by atoms with van der Waals surface area (Å²) in [7, 11) is 0. The van der Waals surface area contributed by atoms with Crippen molar-refractivity contribution >= 4 is 35.3 Å². The van der Waals surface area contributed by atoms with Crippen molar-refractivity contribution in [3.63, 3.8) is 0 Å². The minimum absolute atomic E-state index is 0.0799. The number of allylic oxidation sites excluding steroid dienone is 3. The van der Waals surface area contributed by atoms with E-state index in [1.807, 2.05) is 6.92 Å². The van der Waals surface area contributed by atoms with Gasteiger partial charge in [-0.3, -0.25) is 14.5 Å². The number of amides is 1. The van der Waals surface area contributed by atoms with E-state index in [2.05, 4.69) is 27.1 Å². The van der Waals surface area contributed by atoms with Gasteiger partial charge in [-0.15, -0.1) is 11.3 Å². The van der Waals surface area contributed by atoms with Gasteiger partial charge in [0, 0.05) is 6.20 Å². The van der Waals surface area contributed by atoms with E-state index >= 15 is 0 Å². The van der Waals surface area contributed by atoms with Crippen molar-refractivity contribution in [2.75, 3.05) is 5.32 Å². The number of nitrogens with zero attached hydrogens (tertiary/aromatic N) is 4. The van der Waals surface area contributed by atoms with Gasteiger partial charge in [-0.25, -0.2) is 4.98 Å². The lowest BCUT2D eigenvalue weighted by molar-refractivity contribution is -0.143. The van der Waals surface area contributed by atoms with E-state index in [9.17, 15) is 31.1 Å². The Morgan fingerprint density at radius 3 is 2.53 bits per heavy atom. The van der Waals surface area contributed by atoms with Crippen LogP contribution in [0.2, 0.25) is 0 Å². The Morgan fingerprint density at radius 2 is 1.92 bits per heavy atom. The van der Waals surface area contributed by atoms with E-state index in [1.54, 1.807) is 18.2 Å². The molecule has 36 heavy (non-hydrogen) atoms. The summed E-state index contributed by atoms with van der Waals surface area (Å²) in [5.74, 6) is -0.536. The maximum absolute atomic E-state index is 13.5. The Bertz CT molecular complexity index is 1320. The first kappa shape index (κ1) is 26.9. The largest absolute Gasteiger partial charge is 0.416 e. The number of carbonyl (C=O) groups excluding carboxylic acids is 1. The number of aromatic nitrogens is 3. The van der Waals surface area contributed by atoms with Crippen LogP contribution in [0, 0.1) is 0 Å². The molecule has 6 nitrogen and oxygen atoms in total. The van der Waals surface area contributed by atoms with Gasteiger partial charge in [0.25, 0.3) is 5.91 Å². The summed E-state index contributed by atoms with van der Waals surface area (Å²) >= 11 is 1.06. The Hall–Kier alpha value is -3.74. The number of rotatable bonds is 7. The lowest BCUT2D eigenvalue weighted by atomic mass is 9.98. The van der Waals surface area contributed by atoms with Gasteiger partial charge in [0.05, 0.1) is 40.9 Å². The number of anilines is 1. The molecule has 0 saturated heterocycles. The lowest BCUT2D eigenvalue weighted by Crippen LogP contribution is -2.17. The highest BCUT2D eigenvalue weighted by Crippen LogP contribution is 2.39. The molecule has 13 heteroatoms. The molecule has 1 unspecified atom stereocenters. The molecule has 0 bridgehead atoms. The second-order valence-corrected chi connectivity index (χ2v) is 8.43. The maximum Gasteiger partial charge on any atom is 0.416 e. The number of alkyl halides is 6. The Kier molecular flexibility index (Phi) is 7.82. The number of thiazole rings is 1. The number of halogens is 6. The molecule has 0 fully saturated rings. The molecule has 1 atom stereocenters. The number of benzene rings is 1. The van der Waals surface area contributed by atoms with Gasteiger partial charge in [0.15, 0.2) is 0 Å². The highest BCUT2D eigenvalue weighted by Gasteiger charge is 2.39. The summed E-state index contributed by atoms with van der Waals surface area (Å²) in [6.45, 7) is 6.65. The van der Waals surface area contributed by atoms with Crippen molar-refractivity contribution in [1.82, 2.24) is 14.8 Å².